The molecule has 9 heavy (non-hydrogen) atoms. The maximum absolute atomic E-state index is 10.7. The Labute approximate surface area is 53.0 Å². The number of carbonyl (C=O) groups excluding carboxylic acids is 2. The molecule has 0 aromatic rings. The largest absolute Gasteiger partial charge is 0.322 e. The zero-order valence-corrected chi connectivity index (χ0v) is 5.13. The van der Waals surface area contributed by atoms with E-state index >= 15 is 0 Å². The highest BCUT2D eigenvalue weighted by molar-refractivity contribution is 6.06. The molecular formula is C6H7NO2. The molecule has 1 heterocycles. The molecule has 1 aliphatic rings. The van der Waals surface area contributed by atoms with Crippen LogP contribution in [0.4, 0.5) is 0 Å². The number of allylic oxidation sites excluding steroid dienone is 1. The van der Waals surface area contributed by atoms with Crippen molar-refractivity contribution in [2.45, 2.75) is 6.42 Å². The van der Waals surface area contributed by atoms with E-state index in [1.54, 1.807) is 7.05 Å². The normalized spacial score (nSPS) is 19.0. The predicted octanol–water partition coefficient (Wildman–Crippen LogP) is -0.0687. The fourth-order valence-corrected chi connectivity index (χ4v) is 0.611. The van der Waals surface area contributed by atoms with Crippen molar-refractivity contribution in [3.8, 4) is 0 Å². The van der Waals surface area contributed by atoms with Gasteiger partial charge < -0.3 is 4.90 Å². The van der Waals surface area contributed by atoms with Crippen molar-refractivity contribution in [3.05, 3.63) is 12.3 Å². The summed E-state index contributed by atoms with van der Waals surface area (Å²) >= 11 is 0. The number of rotatable bonds is 0. The first-order chi connectivity index (χ1) is 4.20. The average Bonchev–Trinajstić information content (AvgIpc) is 1.80. The monoisotopic (exact) mass is 125 g/mol. The Kier molecular flexibility index (Phi) is 1.34. The zero-order valence-electron chi connectivity index (χ0n) is 5.13. The summed E-state index contributed by atoms with van der Waals surface area (Å²) in [5.74, 6) is -0.249. The van der Waals surface area contributed by atoms with Crippen LogP contribution in [0.25, 0.3) is 0 Å². The molecule has 0 bridgehead atoms. The van der Waals surface area contributed by atoms with Crippen LogP contribution in [-0.2, 0) is 9.59 Å². The molecule has 0 radical (unpaired) electrons. The summed E-state index contributed by atoms with van der Waals surface area (Å²) in [5.41, 5.74) is 0. The molecule has 1 rings (SSSR count). The molecule has 0 saturated heterocycles. The van der Waals surface area contributed by atoms with Crippen LogP contribution >= 0.6 is 0 Å². The van der Waals surface area contributed by atoms with E-state index in [1.807, 2.05) is 0 Å². The maximum atomic E-state index is 10.7. The zero-order chi connectivity index (χ0) is 6.85. The molecule has 1 amide bonds. The quantitative estimate of drug-likeness (QED) is 0.425. The van der Waals surface area contributed by atoms with Crippen LogP contribution in [0.5, 0.6) is 0 Å². The van der Waals surface area contributed by atoms with Gasteiger partial charge in [0.15, 0.2) is 5.78 Å². The van der Waals surface area contributed by atoms with Crippen LogP contribution in [0, 0.1) is 0 Å². The number of hydrogen-bond acceptors (Lipinski definition) is 2. The van der Waals surface area contributed by atoms with Gasteiger partial charge in [-0.15, -0.1) is 0 Å². The highest BCUT2D eigenvalue weighted by Gasteiger charge is 2.14. The highest BCUT2D eigenvalue weighted by Crippen LogP contribution is 2.00. The molecule has 0 fully saturated rings. The third-order valence-corrected chi connectivity index (χ3v) is 1.20. The molecule has 0 aliphatic carbocycles. The first-order valence-corrected chi connectivity index (χ1v) is 2.67. The van der Waals surface area contributed by atoms with E-state index in [0.29, 0.717) is 0 Å². The van der Waals surface area contributed by atoms with E-state index in [-0.39, 0.29) is 18.1 Å². The Morgan fingerprint density at radius 2 is 2.22 bits per heavy atom. The summed E-state index contributed by atoms with van der Waals surface area (Å²) in [6.45, 7) is 0. The minimum Gasteiger partial charge on any atom is -0.322 e. The van der Waals surface area contributed by atoms with Gasteiger partial charge in [-0.05, 0) is 6.08 Å². The number of carbonyl (C=O) groups is 2. The van der Waals surface area contributed by atoms with Crippen LogP contribution in [0.15, 0.2) is 12.3 Å². The standard InChI is InChI=1S/C6H7NO2/c1-7-3-2-5(8)4-6(7)9/h2-3H,4H2,1H3. The van der Waals surface area contributed by atoms with Gasteiger partial charge in [0.25, 0.3) is 0 Å². The highest BCUT2D eigenvalue weighted by atomic mass is 16.2. The number of ketones is 1. The fourth-order valence-electron chi connectivity index (χ4n) is 0.611. The Morgan fingerprint density at radius 1 is 1.56 bits per heavy atom. The molecule has 0 atom stereocenters. The Bertz CT molecular complexity index is 183. The van der Waals surface area contributed by atoms with E-state index in [2.05, 4.69) is 0 Å². The smallest absolute Gasteiger partial charge is 0.234 e. The van der Waals surface area contributed by atoms with Crippen LogP contribution in [-0.4, -0.2) is 23.6 Å². The van der Waals surface area contributed by atoms with Crippen molar-refractivity contribution in [2.24, 2.45) is 0 Å². The minimum absolute atomic E-state index is 0.0208. The van der Waals surface area contributed by atoms with Crippen molar-refractivity contribution in [3.63, 3.8) is 0 Å². The molecule has 0 aromatic heterocycles. The lowest BCUT2D eigenvalue weighted by molar-refractivity contribution is -0.132. The van der Waals surface area contributed by atoms with Gasteiger partial charge in [-0.25, -0.2) is 0 Å². The molecule has 1 aliphatic heterocycles. The summed E-state index contributed by atoms with van der Waals surface area (Å²) in [4.78, 5) is 22.5. The lowest BCUT2D eigenvalue weighted by Crippen LogP contribution is -2.26. The molecule has 48 valence electrons. The second-order valence-corrected chi connectivity index (χ2v) is 1.96. The second-order valence-electron chi connectivity index (χ2n) is 1.96. The molecule has 3 heteroatoms. The van der Waals surface area contributed by atoms with E-state index in [0.717, 1.165) is 0 Å². The lowest BCUT2D eigenvalue weighted by Gasteiger charge is -2.13. The molecule has 0 saturated carbocycles. The lowest BCUT2D eigenvalue weighted by atomic mass is 10.2. The third kappa shape index (κ3) is 1.16. The summed E-state index contributed by atoms with van der Waals surface area (Å²) < 4.78 is 0. The van der Waals surface area contributed by atoms with Gasteiger partial charge in [0, 0.05) is 13.2 Å². The predicted molar refractivity (Wildman–Crippen MR) is 31.5 cm³/mol. The molecular weight excluding hydrogens is 118 g/mol. The molecule has 0 unspecified atom stereocenters. The summed E-state index contributed by atoms with van der Waals surface area (Å²) in [6, 6.07) is 0. The second kappa shape index (κ2) is 2.01. The molecule has 0 N–H and O–H groups in total. The van der Waals surface area contributed by atoms with E-state index in [4.69, 9.17) is 0 Å². The van der Waals surface area contributed by atoms with Crippen molar-refractivity contribution < 1.29 is 9.59 Å². The number of amides is 1. The van der Waals surface area contributed by atoms with Gasteiger partial charge in [0.05, 0.1) is 6.42 Å². The topological polar surface area (TPSA) is 37.4 Å². The number of hydrogen-bond donors (Lipinski definition) is 0. The SMILES string of the molecule is CN1C=CC(=O)CC1=O. The number of nitrogens with zero attached hydrogens (tertiary/aromatic N) is 1. The first kappa shape index (κ1) is 6.01. The van der Waals surface area contributed by atoms with Crippen molar-refractivity contribution in [1.82, 2.24) is 4.90 Å². The first-order valence-electron chi connectivity index (χ1n) is 2.67. The molecule has 3 nitrogen and oxygen atoms in total. The molecule has 0 aromatic carbocycles. The summed E-state index contributed by atoms with van der Waals surface area (Å²) in [7, 11) is 1.63. The van der Waals surface area contributed by atoms with E-state index in [9.17, 15) is 9.59 Å². The van der Waals surface area contributed by atoms with Crippen LogP contribution < -0.4 is 0 Å². The third-order valence-electron chi connectivity index (χ3n) is 1.20. The van der Waals surface area contributed by atoms with Crippen molar-refractivity contribution in [1.29, 1.82) is 0 Å². The van der Waals surface area contributed by atoms with Crippen LogP contribution in [0.2, 0.25) is 0 Å². The Balaban J connectivity index is 2.76. The molecule has 0 spiro atoms. The van der Waals surface area contributed by atoms with Crippen LogP contribution in [0.1, 0.15) is 6.42 Å². The van der Waals surface area contributed by atoms with Gasteiger partial charge in [-0.2, -0.15) is 0 Å². The van der Waals surface area contributed by atoms with Gasteiger partial charge in [0.1, 0.15) is 0 Å². The van der Waals surface area contributed by atoms with Gasteiger partial charge in [-0.3, -0.25) is 9.59 Å². The average molecular weight is 125 g/mol. The van der Waals surface area contributed by atoms with Crippen LogP contribution in [0.3, 0.4) is 0 Å². The van der Waals surface area contributed by atoms with E-state index in [1.165, 1.54) is 17.2 Å². The summed E-state index contributed by atoms with van der Waals surface area (Å²) in [5, 5.41) is 0. The van der Waals surface area contributed by atoms with Gasteiger partial charge in [0.2, 0.25) is 5.91 Å². The van der Waals surface area contributed by atoms with Gasteiger partial charge >= 0.3 is 0 Å². The minimum atomic E-state index is -0.137. The van der Waals surface area contributed by atoms with E-state index < -0.39 is 0 Å². The summed E-state index contributed by atoms with van der Waals surface area (Å²) in [6.07, 6.45) is 2.91. The Morgan fingerprint density at radius 3 is 2.67 bits per heavy atom. The fraction of sp³-hybridized carbons (Fsp3) is 0.333. The van der Waals surface area contributed by atoms with Crippen molar-refractivity contribution >= 4 is 11.7 Å². The Hall–Kier alpha value is -1.12. The maximum Gasteiger partial charge on any atom is 0.234 e. The van der Waals surface area contributed by atoms with Crippen molar-refractivity contribution in [2.75, 3.05) is 7.05 Å². The van der Waals surface area contributed by atoms with Gasteiger partial charge in [-0.1, -0.05) is 0 Å².